The van der Waals surface area contributed by atoms with Crippen molar-refractivity contribution in [2.75, 3.05) is 44.9 Å². The van der Waals surface area contributed by atoms with Gasteiger partial charge in [0.2, 0.25) is 0 Å². The van der Waals surface area contributed by atoms with Gasteiger partial charge < -0.3 is 19.7 Å². The molecule has 1 aromatic rings. The lowest BCUT2D eigenvalue weighted by Crippen LogP contribution is -2.46. The zero-order valence-corrected chi connectivity index (χ0v) is 16.2. The van der Waals surface area contributed by atoms with Crippen LogP contribution in [0.2, 0.25) is 0 Å². The molecule has 0 saturated carbocycles. The van der Waals surface area contributed by atoms with Gasteiger partial charge in [-0.15, -0.1) is 0 Å². The molecule has 0 bridgehead atoms. The maximum atomic E-state index is 12.5. The monoisotopic (exact) mass is 371 g/mol. The van der Waals surface area contributed by atoms with Crippen molar-refractivity contribution in [3.63, 3.8) is 0 Å². The highest BCUT2D eigenvalue weighted by Gasteiger charge is 2.37. The highest BCUT2D eigenvalue weighted by atomic mass is 16.5. The SMILES string of the molecule is CCOC(=O)C1CCC(N2CCOCC2)C2=C(N1)N(C)c1ccccc1C2. The van der Waals surface area contributed by atoms with E-state index in [-0.39, 0.29) is 12.0 Å². The van der Waals surface area contributed by atoms with Gasteiger partial charge in [-0.2, -0.15) is 0 Å². The Hall–Kier alpha value is -2.05. The smallest absolute Gasteiger partial charge is 0.328 e. The summed E-state index contributed by atoms with van der Waals surface area (Å²) in [5.74, 6) is 0.917. The number of fused-ring (bicyclic) bond motifs is 1. The zero-order chi connectivity index (χ0) is 18.8. The molecule has 146 valence electrons. The zero-order valence-electron chi connectivity index (χ0n) is 16.2. The molecule has 3 aliphatic heterocycles. The van der Waals surface area contributed by atoms with Gasteiger partial charge in [-0.1, -0.05) is 18.2 Å². The molecule has 27 heavy (non-hydrogen) atoms. The number of esters is 1. The first-order valence-electron chi connectivity index (χ1n) is 9.98. The summed E-state index contributed by atoms with van der Waals surface area (Å²) >= 11 is 0. The number of nitrogens with zero attached hydrogens (tertiary/aromatic N) is 2. The fourth-order valence-electron chi connectivity index (χ4n) is 4.53. The summed E-state index contributed by atoms with van der Waals surface area (Å²) in [6, 6.07) is 8.56. The molecule has 6 nitrogen and oxygen atoms in total. The highest BCUT2D eigenvalue weighted by Crippen LogP contribution is 2.37. The van der Waals surface area contributed by atoms with Gasteiger partial charge >= 0.3 is 5.97 Å². The number of hydrogen-bond donors (Lipinski definition) is 1. The summed E-state index contributed by atoms with van der Waals surface area (Å²) in [5.41, 5.74) is 3.92. The summed E-state index contributed by atoms with van der Waals surface area (Å²) < 4.78 is 10.9. The summed E-state index contributed by atoms with van der Waals surface area (Å²) in [6.45, 7) is 5.71. The topological polar surface area (TPSA) is 54.0 Å². The Balaban J connectivity index is 1.70. The van der Waals surface area contributed by atoms with Crippen molar-refractivity contribution in [3.05, 3.63) is 41.2 Å². The molecule has 1 aromatic carbocycles. The van der Waals surface area contributed by atoms with E-state index in [1.807, 2.05) is 6.92 Å². The Bertz CT molecular complexity index is 727. The van der Waals surface area contributed by atoms with Crippen LogP contribution in [0.5, 0.6) is 0 Å². The lowest BCUT2D eigenvalue weighted by Gasteiger charge is -2.39. The predicted octanol–water partition coefficient (Wildman–Crippen LogP) is 1.91. The van der Waals surface area contributed by atoms with E-state index in [0.29, 0.717) is 12.6 Å². The minimum atomic E-state index is -0.297. The molecule has 4 rings (SSSR count). The molecule has 6 heteroatoms. The van der Waals surface area contributed by atoms with Gasteiger partial charge in [-0.25, -0.2) is 4.79 Å². The van der Waals surface area contributed by atoms with E-state index < -0.39 is 0 Å². The van der Waals surface area contributed by atoms with E-state index >= 15 is 0 Å². The Morgan fingerprint density at radius 3 is 2.81 bits per heavy atom. The van der Waals surface area contributed by atoms with Crippen LogP contribution in [0.1, 0.15) is 25.3 Å². The van der Waals surface area contributed by atoms with Crippen LogP contribution >= 0.6 is 0 Å². The summed E-state index contributed by atoms with van der Waals surface area (Å²) in [6.07, 6.45) is 2.64. The summed E-state index contributed by atoms with van der Waals surface area (Å²) in [4.78, 5) is 17.2. The van der Waals surface area contributed by atoms with E-state index in [1.54, 1.807) is 0 Å². The third-order valence-corrected chi connectivity index (χ3v) is 5.87. The van der Waals surface area contributed by atoms with Gasteiger partial charge in [0.05, 0.1) is 19.8 Å². The number of nitrogens with one attached hydrogen (secondary N) is 1. The van der Waals surface area contributed by atoms with Crippen molar-refractivity contribution < 1.29 is 14.3 Å². The van der Waals surface area contributed by atoms with Gasteiger partial charge in [-0.05, 0) is 37.0 Å². The van der Waals surface area contributed by atoms with Gasteiger partial charge in [0.15, 0.2) is 0 Å². The van der Waals surface area contributed by atoms with Gasteiger partial charge in [0.1, 0.15) is 11.9 Å². The second kappa shape index (κ2) is 7.90. The summed E-state index contributed by atoms with van der Waals surface area (Å²) in [7, 11) is 2.09. The van der Waals surface area contributed by atoms with Crippen molar-refractivity contribution in [2.45, 2.75) is 38.3 Å². The number of ether oxygens (including phenoxy) is 2. The molecule has 0 aliphatic carbocycles. The van der Waals surface area contributed by atoms with Crippen LogP contribution < -0.4 is 10.2 Å². The first-order chi connectivity index (χ1) is 13.2. The Kier molecular flexibility index (Phi) is 5.36. The van der Waals surface area contributed by atoms with Crippen LogP contribution in [0.4, 0.5) is 5.69 Å². The van der Waals surface area contributed by atoms with E-state index in [2.05, 4.69) is 46.4 Å². The molecule has 3 heterocycles. The second-order valence-corrected chi connectivity index (χ2v) is 7.43. The molecule has 0 spiro atoms. The molecular formula is C21H29N3O3. The number of para-hydroxylation sites is 1. The first kappa shape index (κ1) is 18.3. The molecule has 1 saturated heterocycles. The number of hydrogen-bond acceptors (Lipinski definition) is 6. The van der Waals surface area contributed by atoms with E-state index in [4.69, 9.17) is 9.47 Å². The van der Waals surface area contributed by atoms with Crippen molar-refractivity contribution in [3.8, 4) is 0 Å². The van der Waals surface area contributed by atoms with Crippen molar-refractivity contribution in [2.24, 2.45) is 0 Å². The number of rotatable bonds is 3. The first-order valence-corrected chi connectivity index (χ1v) is 9.98. The van der Waals surface area contributed by atoms with Gasteiger partial charge in [0, 0.05) is 38.3 Å². The van der Waals surface area contributed by atoms with Crippen molar-refractivity contribution in [1.29, 1.82) is 0 Å². The molecule has 3 aliphatic rings. The minimum Gasteiger partial charge on any atom is -0.464 e. The standard InChI is InChI=1S/C21H29N3O3/c1-3-27-21(25)17-8-9-19(24-10-12-26-13-11-24)16-14-15-6-4-5-7-18(15)23(2)20(16)22-17/h4-7,17,19,22H,3,8-14H2,1-2H3. The molecule has 1 fully saturated rings. The van der Waals surface area contributed by atoms with Crippen LogP contribution in [0.25, 0.3) is 0 Å². The number of carbonyl (C=O) groups excluding carboxylic acids is 1. The number of anilines is 1. The average molecular weight is 371 g/mol. The van der Waals surface area contributed by atoms with E-state index in [0.717, 1.165) is 51.4 Å². The maximum Gasteiger partial charge on any atom is 0.328 e. The van der Waals surface area contributed by atoms with Crippen molar-refractivity contribution >= 4 is 11.7 Å². The maximum absolute atomic E-state index is 12.5. The van der Waals surface area contributed by atoms with Crippen LogP contribution in [0.15, 0.2) is 35.7 Å². The van der Waals surface area contributed by atoms with Crippen molar-refractivity contribution in [1.82, 2.24) is 10.2 Å². The number of carbonyl (C=O) groups is 1. The molecule has 1 N–H and O–H groups in total. The van der Waals surface area contributed by atoms with Gasteiger partial charge in [-0.3, -0.25) is 4.90 Å². The number of benzene rings is 1. The Morgan fingerprint density at radius 1 is 1.26 bits per heavy atom. The van der Waals surface area contributed by atoms with Gasteiger partial charge in [0.25, 0.3) is 0 Å². The molecule has 0 aromatic heterocycles. The molecule has 2 atom stereocenters. The average Bonchev–Trinajstić information content (AvgIpc) is 2.89. The Labute approximate surface area is 161 Å². The highest BCUT2D eigenvalue weighted by molar-refractivity contribution is 5.77. The fourth-order valence-corrected chi connectivity index (χ4v) is 4.53. The summed E-state index contributed by atoms with van der Waals surface area (Å²) in [5, 5.41) is 3.54. The van der Waals surface area contributed by atoms with Crippen LogP contribution in [-0.4, -0.2) is 62.9 Å². The lowest BCUT2D eigenvalue weighted by atomic mass is 9.90. The fraction of sp³-hybridized carbons (Fsp3) is 0.571. The molecule has 0 radical (unpaired) electrons. The lowest BCUT2D eigenvalue weighted by molar-refractivity contribution is -0.145. The minimum absolute atomic E-state index is 0.153. The predicted molar refractivity (Wildman–Crippen MR) is 105 cm³/mol. The van der Waals surface area contributed by atoms with Crippen LogP contribution in [0, 0.1) is 0 Å². The third kappa shape index (κ3) is 3.56. The third-order valence-electron chi connectivity index (χ3n) is 5.87. The largest absolute Gasteiger partial charge is 0.464 e. The molecule has 2 unspecified atom stereocenters. The molecule has 0 amide bonds. The van der Waals surface area contributed by atoms with E-state index in [1.165, 1.54) is 16.8 Å². The van der Waals surface area contributed by atoms with E-state index in [9.17, 15) is 4.79 Å². The van der Waals surface area contributed by atoms with Crippen LogP contribution in [0.3, 0.4) is 0 Å². The quantitative estimate of drug-likeness (QED) is 0.819. The normalized spacial score (nSPS) is 25.9. The molecular weight excluding hydrogens is 342 g/mol. The second-order valence-electron chi connectivity index (χ2n) is 7.43. The number of morpholine rings is 1. The van der Waals surface area contributed by atoms with Crippen LogP contribution in [-0.2, 0) is 20.7 Å². The Morgan fingerprint density at radius 2 is 2.04 bits per heavy atom.